The summed E-state index contributed by atoms with van der Waals surface area (Å²) in [6.45, 7) is 8.96. The van der Waals surface area contributed by atoms with Crippen LogP contribution in [0.5, 0.6) is 0 Å². The van der Waals surface area contributed by atoms with Crippen molar-refractivity contribution in [1.29, 1.82) is 0 Å². The highest BCUT2D eigenvalue weighted by Gasteiger charge is 2.27. The van der Waals surface area contributed by atoms with Crippen molar-refractivity contribution in [3.8, 4) is 0 Å². The van der Waals surface area contributed by atoms with Gasteiger partial charge in [-0.25, -0.2) is 4.79 Å². The van der Waals surface area contributed by atoms with Crippen molar-refractivity contribution >= 4 is 22.8 Å². The molecule has 1 aromatic carbocycles. The van der Waals surface area contributed by atoms with Gasteiger partial charge >= 0.3 is 6.03 Å². The zero-order valence-corrected chi connectivity index (χ0v) is 15.2. The van der Waals surface area contributed by atoms with E-state index in [1.807, 2.05) is 49.1 Å². The van der Waals surface area contributed by atoms with E-state index in [1.54, 1.807) is 4.90 Å². The molecule has 1 fully saturated rings. The van der Waals surface area contributed by atoms with E-state index in [-0.39, 0.29) is 18.0 Å². The summed E-state index contributed by atoms with van der Waals surface area (Å²) in [5, 5.41) is 3.99. The number of carbonyl (C=O) groups excluding carboxylic acids is 2. The molecule has 1 saturated heterocycles. The molecule has 0 aliphatic carbocycles. The van der Waals surface area contributed by atoms with Crippen molar-refractivity contribution < 1.29 is 9.59 Å². The number of aromatic nitrogens is 1. The third-order valence-electron chi connectivity index (χ3n) is 4.61. The van der Waals surface area contributed by atoms with Crippen LogP contribution in [-0.4, -0.2) is 58.5 Å². The number of benzene rings is 1. The number of para-hydroxylation sites is 1. The van der Waals surface area contributed by atoms with E-state index in [0.29, 0.717) is 26.2 Å². The van der Waals surface area contributed by atoms with Gasteiger partial charge in [0.05, 0.1) is 0 Å². The molecule has 6 heteroatoms. The quantitative estimate of drug-likeness (QED) is 0.932. The summed E-state index contributed by atoms with van der Waals surface area (Å²) in [4.78, 5) is 28.7. The fraction of sp³-hybridized carbons (Fsp3) is 0.474. The first-order valence-corrected chi connectivity index (χ1v) is 8.94. The predicted molar refractivity (Wildman–Crippen MR) is 98.8 cm³/mol. The van der Waals surface area contributed by atoms with Gasteiger partial charge in [0.25, 0.3) is 5.91 Å². The molecule has 0 atom stereocenters. The maximum atomic E-state index is 13.0. The first kappa shape index (κ1) is 17.3. The van der Waals surface area contributed by atoms with Crippen LogP contribution in [0, 0.1) is 0 Å². The van der Waals surface area contributed by atoms with Crippen LogP contribution in [0.3, 0.4) is 0 Å². The highest BCUT2D eigenvalue weighted by molar-refractivity contribution is 5.99. The number of nitrogens with one attached hydrogen (secondary N) is 1. The standard InChI is InChI=1S/C19H26N4O2/c1-4-23-16-8-6-5-7-15(16)13-17(23)18(24)21-9-11-22(12-10-21)19(25)20-14(2)3/h5-8,13-14H,4,9-12H2,1-3H3,(H,20,25). The average molecular weight is 342 g/mol. The molecule has 2 heterocycles. The molecule has 0 unspecified atom stereocenters. The van der Waals surface area contributed by atoms with Gasteiger partial charge in [0.1, 0.15) is 5.69 Å². The number of aryl methyl sites for hydroxylation is 1. The Morgan fingerprint density at radius 2 is 1.72 bits per heavy atom. The van der Waals surface area contributed by atoms with Gasteiger partial charge in [-0.1, -0.05) is 18.2 Å². The fourth-order valence-corrected chi connectivity index (χ4v) is 3.34. The fourth-order valence-electron chi connectivity index (χ4n) is 3.34. The summed E-state index contributed by atoms with van der Waals surface area (Å²) < 4.78 is 2.06. The van der Waals surface area contributed by atoms with Gasteiger partial charge in [0.15, 0.2) is 0 Å². The number of amides is 3. The van der Waals surface area contributed by atoms with Crippen molar-refractivity contribution in [3.63, 3.8) is 0 Å². The van der Waals surface area contributed by atoms with Crippen LogP contribution < -0.4 is 5.32 Å². The second-order valence-electron chi connectivity index (χ2n) is 6.72. The van der Waals surface area contributed by atoms with Crippen LogP contribution in [0.2, 0.25) is 0 Å². The molecule has 3 amide bonds. The van der Waals surface area contributed by atoms with Gasteiger partial charge in [0, 0.05) is 49.7 Å². The van der Waals surface area contributed by atoms with Gasteiger partial charge in [-0.2, -0.15) is 0 Å². The molecule has 1 aliphatic heterocycles. The van der Waals surface area contributed by atoms with Crippen molar-refractivity contribution in [2.75, 3.05) is 26.2 Å². The largest absolute Gasteiger partial charge is 0.337 e. The Morgan fingerprint density at radius 1 is 1.08 bits per heavy atom. The lowest BCUT2D eigenvalue weighted by molar-refractivity contribution is 0.0654. The maximum Gasteiger partial charge on any atom is 0.317 e. The number of hydrogen-bond acceptors (Lipinski definition) is 2. The minimum atomic E-state index is -0.0511. The summed E-state index contributed by atoms with van der Waals surface area (Å²) >= 11 is 0. The third-order valence-corrected chi connectivity index (χ3v) is 4.61. The Labute approximate surface area is 148 Å². The molecule has 0 saturated carbocycles. The van der Waals surface area contributed by atoms with Crippen LogP contribution in [0.4, 0.5) is 4.79 Å². The highest BCUT2D eigenvalue weighted by Crippen LogP contribution is 2.21. The van der Waals surface area contributed by atoms with Crippen LogP contribution in [0.1, 0.15) is 31.3 Å². The lowest BCUT2D eigenvalue weighted by Gasteiger charge is -2.35. The Kier molecular flexibility index (Phi) is 4.97. The molecule has 1 aliphatic rings. The summed E-state index contributed by atoms with van der Waals surface area (Å²) in [5.74, 6) is 0.0435. The van der Waals surface area contributed by atoms with E-state index in [4.69, 9.17) is 0 Å². The zero-order valence-electron chi connectivity index (χ0n) is 15.2. The predicted octanol–water partition coefficient (Wildman–Crippen LogP) is 2.54. The monoisotopic (exact) mass is 342 g/mol. The minimum Gasteiger partial charge on any atom is -0.337 e. The number of urea groups is 1. The van der Waals surface area contributed by atoms with E-state index >= 15 is 0 Å². The number of hydrogen-bond donors (Lipinski definition) is 1. The Balaban J connectivity index is 1.72. The lowest BCUT2D eigenvalue weighted by Crippen LogP contribution is -2.54. The van der Waals surface area contributed by atoms with Crippen molar-refractivity contribution in [2.45, 2.75) is 33.4 Å². The van der Waals surface area contributed by atoms with Crippen LogP contribution in [0.25, 0.3) is 10.9 Å². The van der Waals surface area contributed by atoms with Gasteiger partial charge in [-0.05, 0) is 32.9 Å². The number of fused-ring (bicyclic) bond motifs is 1. The van der Waals surface area contributed by atoms with E-state index in [2.05, 4.69) is 16.8 Å². The molecule has 1 N–H and O–H groups in total. The molecule has 0 radical (unpaired) electrons. The van der Waals surface area contributed by atoms with Crippen LogP contribution >= 0.6 is 0 Å². The molecule has 134 valence electrons. The molecule has 3 rings (SSSR count). The summed E-state index contributed by atoms with van der Waals surface area (Å²) in [6.07, 6.45) is 0. The number of rotatable bonds is 3. The van der Waals surface area contributed by atoms with E-state index in [0.717, 1.165) is 23.1 Å². The molecule has 1 aromatic heterocycles. The van der Waals surface area contributed by atoms with Crippen molar-refractivity contribution in [3.05, 3.63) is 36.0 Å². The summed E-state index contributed by atoms with van der Waals surface area (Å²) in [5.41, 5.74) is 1.81. The van der Waals surface area contributed by atoms with E-state index in [9.17, 15) is 9.59 Å². The Morgan fingerprint density at radius 3 is 2.36 bits per heavy atom. The molecule has 0 bridgehead atoms. The van der Waals surface area contributed by atoms with Crippen molar-refractivity contribution in [1.82, 2.24) is 19.7 Å². The zero-order chi connectivity index (χ0) is 18.0. The Hall–Kier alpha value is -2.50. The lowest BCUT2D eigenvalue weighted by atomic mass is 10.2. The normalized spacial score (nSPS) is 15.0. The second-order valence-corrected chi connectivity index (χ2v) is 6.72. The Bertz CT molecular complexity index is 773. The summed E-state index contributed by atoms with van der Waals surface area (Å²) in [7, 11) is 0. The first-order valence-electron chi connectivity index (χ1n) is 8.94. The third kappa shape index (κ3) is 3.48. The number of nitrogens with zero attached hydrogens (tertiary/aromatic N) is 3. The molecule has 6 nitrogen and oxygen atoms in total. The number of piperazine rings is 1. The molecular weight excluding hydrogens is 316 g/mol. The molecule has 0 spiro atoms. The molecule has 25 heavy (non-hydrogen) atoms. The average Bonchev–Trinajstić information content (AvgIpc) is 2.99. The minimum absolute atomic E-state index is 0.0435. The van der Waals surface area contributed by atoms with Gasteiger partial charge in [-0.3, -0.25) is 4.79 Å². The molecule has 2 aromatic rings. The van der Waals surface area contributed by atoms with Crippen LogP contribution in [0.15, 0.2) is 30.3 Å². The molecular formula is C19H26N4O2. The van der Waals surface area contributed by atoms with Gasteiger partial charge < -0.3 is 19.7 Å². The SMILES string of the molecule is CCn1c(C(=O)N2CCN(C(=O)NC(C)C)CC2)cc2ccccc21. The second kappa shape index (κ2) is 7.17. The maximum absolute atomic E-state index is 13.0. The van der Waals surface area contributed by atoms with E-state index in [1.165, 1.54) is 0 Å². The van der Waals surface area contributed by atoms with Crippen molar-refractivity contribution in [2.24, 2.45) is 0 Å². The first-order chi connectivity index (χ1) is 12.0. The topological polar surface area (TPSA) is 57.6 Å². The van der Waals surface area contributed by atoms with Gasteiger partial charge in [0.2, 0.25) is 0 Å². The smallest absolute Gasteiger partial charge is 0.317 e. The van der Waals surface area contributed by atoms with E-state index < -0.39 is 0 Å². The van der Waals surface area contributed by atoms with Crippen LogP contribution in [-0.2, 0) is 6.54 Å². The summed E-state index contributed by atoms with van der Waals surface area (Å²) in [6, 6.07) is 10.1. The highest BCUT2D eigenvalue weighted by atomic mass is 16.2. The van der Waals surface area contributed by atoms with Gasteiger partial charge in [-0.15, -0.1) is 0 Å². The number of carbonyl (C=O) groups is 2.